The van der Waals surface area contributed by atoms with E-state index in [1.807, 2.05) is 6.92 Å². The fourth-order valence-corrected chi connectivity index (χ4v) is 2.29. The van der Waals surface area contributed by atoms with Gasteiger partial charge >= 0.3 is 0 Å². The summed E-state index contributed by atoms with van der Waals surface area (Å²) >= 11 is 1.29. The Morgan fingerprint density at radius 1 is 1.21 bits per heavy atom. The average molecular weight is 276 g/mol. The second-order valence-electron chi connectivity index (χ2n) is 4.17. The zero-order valence-electron chi connectivity index (χ0n) is 10.6. The van der Waals surface area contributed by atoms with E-state index in [9.17, 15) is 9.18 Å². The van der Waals surface area contributed by atoms with Gasteiger partial charge < -0.3 is 0 Å². The Morgan fingerprint density at radius 3 is 2.37 bits per heavy atom. The van der Waals surface area contributed by atoms with Gasteiger partial charge in [0.2, 0.25) is 0 Å². The molecule has 2 aromatic rings. The second-order valence-corrected chi connectivity index (χ2v) is 5.48. The van der Waals surface area contributed by atoms with Crippen LogP contribution in [0.15, 0.2) is 41.8 Å². The van der Waals surface area contributed by atoms with Crippen molar-refractivity contribution < 1.29 is 9.18 Å². The lowest BCUT2D eigenvalue weighted by molar-refractivity contribution is 0.0994. The molecular weight excluding hydrogens is 263 g/mol. The zero-order valence-corrected chi connectivity index (χ0v) is 11.4. The van der Waals surface area contributed by atoms with E-state index in [0.717, 1.165) is 5.56 Å². The van der Waals surface area contributed by atoms with Gasteiger partial charge in [0.05, 0.1) is 5.25 Å². The Hall–Kier alpha value is -1.75. The SMILES string of the molecule is Cc1cnc(SC(C)C(=O)c2ccc(F)cc2)nc1. The number of hydrogen-bond donors (Lipinski definition) is 0. The summed E-state index contributed by atoms with van der Waals surface area (Å²) in [4.78, 5) is 20.4. The maximum atomic E-state index is 12.8. The number of benzene rings is 1. The Morgan fingerprint density at radius 2 is 1.79 bits per heavy atom. The van der Waals surface area contributed by atoms with E-state index in [2.05, 4.69) is 9.97 Å². The molecule has 19 heavy (non-hydrogen) atoms. The van der Waals surface area contributed by atoms with Crippen LogP contribution in [0.4, 0.5) is 4.39 Å². The van der Waals surface area contributed by atoms with E-state index >= 15 is 0 Å². The molecule has 3 nitrogen and oxygen atoms in total. The molecule has 0 saturated carbocycles. The van der Waals surface area contributed by atoms with E-state index in [-0.39, 0.29) is 16.9 Å². The smallest absolute Gasteiger partial charge is 0.188 e. The third kappa shape index (κ3) is 3.61. The fraction of sp³-hybridized carbons (Fsp3) is 0.214. The van der Waals surface area contributed by atoms with E-state index in [0.29, 0.717) is 10.7 Å². The molecule has 0 N–H and O–H groups in total. The minimum atomic E-state index is -0.348. The Bertz CT molecular complexity index is 569. The minimum absolute atomic E-state index is 0.0609. The number of hydrogen-bond acceptors (Lipinski definition) is 4. The molecule has 0 aliphatic heterocycles. The molecule has 1 atom stereocenters. The lowest BCUT2D eigenvalue weighted by Crippen LogP contribution is -2.14. The molecule has 0 amide bonds. The molecule has 2 rings (SSSR count). The van der Waals surface area contributed by atoms with Crippen molar-refractivity contribution in [1.82, 2.24) is 9.97 Å². The number of Topliss-reactive ketones (excluding diaryl/α,β-unsaturated/α-hetero) is 1. The van der Waals surface area contributed by atoms with Crippen LogP contribution in [-0.4, -0.2) is 21.0 Å². The van der Waals surface area contributed by atoms with Crippen LogP contribution in [-0.2, 0) is 0 Å². The maximum Gasteiger partial charge on any atom is 0.188 e. The lowest BCUT2D eigenvalue weighted by atomic mass is 10.1. The van der Waals surface area contributed by atoms with E-state index < -0.39 is 0 Å². The van der Waals surface area contributed by atoms with E-state index in [1.165, 1.54) is 36.0 Å². The Labute approximate surface area is 115 Å². The van der Waals surface area contributed by atoms with Gasteiger partial charge in [-0.05, 0) is 43.7 Å². The van der Waals surface area contributed by atoms with Crippen molar-refractivity contribution in [3.8, 4) is 0 Å². The molecule has 0 fully saturated rings. The minimum Gasteiger partial charge on any atom is -0.293 e. The van der Waals surface area contributed by atoms with E-state index in [4.69, 9.17) is 0 Å². The number of halogens is 1. The quantitative estimate of drug-likeness (QED) is 0.488. The predicted octanol–water partition coefficient (Wildman–Crippen LogP) is 3.29. The summed E-state index contributed by atoms with van der Waals surface area (Å²) in [6, 6.07) is 5.55. The number of ketones is 1. The van der Waals surface area contributed by atoms with Gasteiger partial charge in [0, 0.05) is 18.0 Å². The molecule has 5 heteroatoms. The molecule has 98 valence electrons. The first kappa shape index (κ1) is 13.7. The second kappa shape index (κ2) is 5.93. The third-order valence-corrected chi connectivity index (χ3v) is 3.53. The van der Waals surface area contributed by atoms with Crippen LogP contribution in [0.25, 0.3) is 0 Å². The van der Waals surface area contributed by atoms with Crippen molar-refractivity contribution in [2.24, 2.45) is 0 Å². The van der Waals surface area contributed by atoms with E-state index in [1.54, 1.807) is 19.3 Å². The number of carbonyl (C=O) groups is 1. The lowest BCUT2D eigenvalue weighted by Gasteiger charge is -2.09. The highest BCUT2D eigenvalue weighted by molar-refractivity contribution is 8.00. The highest BCUT2D eigenvalue weighted by Crippen LogP contribution is 2.22. The standard InChI is InChI=1S/C14H13FN2OS/c1-9-7-16-14(17-8-9)19-10(2)13(18)11-3-5-12(15)6-4-11/h3-8,10H,1-2H3. The summed E-state index contributed by atoms with van der Waals surface area (Å²) in [6.07, 6.45) is 3.43. The molecule has 1 heterocycles. The first-order valence-electron chi connectivity index (χ1n) is 5.81. The topological polar surface area (TPSA) is 42.9 Å². The Kier molecular flexibility index (Phi) is 4.27. The summed E-state index contributed by atoms with van der Waals surface area (Å²) < 4.78 is 12.8. The van der Waals surface area contributed by atoms with Crippen LogP contribution in [0, 0.1) is 12.7 Å². The number of thioether (sulfide) groups is 1. The van der Waals surface area contributed by atoms with Gasteiger partial charge in [-0.25, -0.2) is 14.4 Å². The molecule has 0 aliphatic rings. The normalized spacial score (nSPS) is 12.2. The highest BCUT2D eigenvalue weighted by atomic mass is 32.2. The summed E-state index contributed by atoms with van der Waals surface area (Å²) in [7, 11) is 0. The van der Waals surface area contributed by atoms with Crippen molar-refractivity contribution in [3.63, 3.8) is 0 Å². The van der Waals surface area contributed by atoms with Crippen LogP contribution < -0.4 is 0 Å². The predicted molar refractivity (Wildman–Crippen MR) is 72.8 cm³/mol. The number of aromatic nitrogens is 2. The Balaban J connectivity index is 2.07. The summed E-state index contributed by atoms with van der Waals surface area (Å²) in [5.74, 6) is -0.409. The molecule has 0 bridgehead atoms. The van der Waals surface area contributed by atoms with Gasteiger partial charge in [-0.1, -0.05) is 11.8 Å². The first-order valence-corrected chi connectivity index (χ1v) is 6.69. The molecule has 0 aliphatic carbocycles. The third-order valence-electron chi connectivity index (χ3n) is 2.54. The van der Waals surface area contributed by atoms with Gasteiger partial charge in [0.1, 0.15) is 5.82 Å². The fourth-order valence-electron chi connectivity index (χ4n) is 1.50. The van der Waals surface area contributed by atoms with Crippen molar-refractivity contribution in [1.29, 1.82) is 0 Å². The largest absolute Gasteiger partial charge is 0.293 e. The summed E-state index contributed by atoms with van der Waals surface area (Å²) in [5.41, 5.74) is 1.47. The van der Waals surface area contributed by atoms with Crippen LogP contribution >= 0.6 is 11.8 Å². The zero-order chi connectivity index (χ0) is 13.8. The summed E-state index contributed by atoms with van der Waals surface area (Å²) in [5, 5.41) is 0.252. The highest BCUT2D eigenvalue weighted by Gasteiger charge is 2.17. The number of carbonyl (C=O) groups excluding carboxylic acids is 1. The molecule has 0 radical (unpaired) electrons. The molecule has 1 aromatic carbocycles. The molecular formula is C14H13FN2OS. The maximum absolute atomic E-state index is 12.8. The van der Waals surface area contributed by atoms with Gasteiger partial charge in [-0.15, -0.1) is 0 Å². The molecule has 1 unspecified atom stereocenters. The molecule has 0 saturated heterocycles. The van der Waals surface area contributed by atoms with Gasteiger partial charge in [-0.2, -0.15) is 0 Å². The first-order chi connectivity index (χ1) is 9.06. The molecule has 1 aromatic heterocycles. The summed E-state index contributed by atoms with van der Waals surface area (Å²) in [6.45, 7) is 3.70. The van der Waals surface area contributed by atoms with Crippen molar-refractivity contribution in [3.05, 3.63) is 53.6 Å². The van der Waals surface area contributed by atoms with Crippen molar-refractivity contribution in [2.75, 3.05) is 0 Å². The number of aryl methyl sites for hydroxylation is 1. The van der Waals surface area contributed by atoms with Crippen LogP contribution in [0.3, 0.4) is 0 Å². The van der Waals surface area contributed by atoms with Gasteiger partial charge in [0.15, 0.2) is 10.9 Å². The number of nitrogens with zero attached hydrogens (tertiary/aromatic N) is 2. The van der Waals surface area contributed by atoms with Crippen LogP contribution in [0.5, 0.6) is 0 Å². The van der Waals surface area contributed by atoms with Crippen LogP contribution in [0.1, 0.15) is 22.8 Å². The monoisotopic (exact) mass is 276 g/mol. The number of rotatable bonds is 4. The average Bonchev–Trinajstić information content (AvgIpc) is 2.41. The van der Waals surface area contributed by atoms with Crippen molar-refractivity contribution >= 4 is 17.5 Å². The van der Waals surface area contributed by atoms with Crippen molar-refractivity contribution in [2.45, 2.75) is 24.3 Å². The van der Waals surface area contributed by atoms with Gasteiger partial charge in [-0.3, -0.25) is 4.79 Å². The van der Waals surface area contributed by atoms with Gasteiger partial charge in [0.25, 0.3) is 0 Å². The van der Waals surface area contributed by atoms with Crippen LogP contribution in [0.2, 0.25) is 0 Å². The molecule has 0 spiro atoms.